The van der Waals surface area contributed by atoms with Gasteiger partial charge in [-0.05, 0) is 36.3 Å². The molecule has 1 aromatic rings. The zero-order valence-corrected chi connectivity index (χ0v) is 15.4. The van der Waals surface area contributed by atoms with Crippen molar-refractivity contribution in [3.8, 4) is 0 Å². The third-order valence-corrected chi connectivity index (χ3v) is 7.74. The molecule has 4 heteroatoms. The van der Waals surface area contributed by atoms with Gasteiger partial charge in [-0.2, -0.15) is 0 Å². The maximum absolute atomic E-state index is 12.5. The van der Waals surface area contributed by atoms with Gasteiger partial charge in [0, 0.05) is 26.4 Å². The van der Waals surface area contributed by atoms with E-state index in [0.29, 0.717) is 30.3 Å². The maximum atomic E-state index is 12.5. The van der Waals surface area contributed by atoms with Crippen LogP contribution in [0.5, 0.6) is 0 Å². The fourth-order valence-electron chi connectivity index (χ4n) is 4.39. The van der Waals surface area contributed by atoms with Crippen LogP contribution < -0.4 is 0 Å². The van der Waals surface area contributed by atoms with Gasteiger partial charge >= 0.3 is 5.97 Å². The molecule has 4 rings (SSSR count). The van der Waals surface area contributed by atoms with E-state index in [1.807, 2.05) is 25.1 Å². The van der Waals surface area contributed by atoms with Gasteiger partial charge in [-0.3, -0.25) is 0 Å². The molecule has 1 aromatic carbocycles. The molecule has 0 heterocycles. The molecular formula is C18H16Br2O2. The Labute approximate surface area is 146 Å². The quantitative estimate of drug-likeness (QED) is 0.646. The number of allylic oxidation sites excluding steroid dienone is 3. The molecule has 114 valence electrons. The monoisotopic (exact) mass is 422 g/mol. The summed E-state index contributed by atoms with van der Waals surface area (Å²) >= 11 is 7.46. The van der Waals surface area contributed by atoms with Crippen molar-refractivity contribution in [2.45, 2.75) is 13.3 Å². The van der Waals surface area contributed by atoms with Crippen LogP contribution in [0.25, 0.3) is 5.57 Å². The van der Waals surface area contributed by atoms with Crippen LogP contribution in [-0.2, 0) is 9.53 Å². The highest BCUT2D eigenvalue weighted by atomic mass is 79.9. The number of fused-ring (bicyclic) bond motifs is 5. The van der Waals surface area contributed by atoms with Gasteiger partial charge in [0.1, 0.15) is 0 Å². The highest BCUT2D eigenvalue weighted by Crippen LogP contribution is 2.69. The summed E-state index contributed by atoms with van der Waals surface area (Å²) in [5, 5.41) is 0. The van der Waals surface area contributed by atoms with Crippen molar-refractivity contribution in [2.75, 3.05) is 6.61 Å². The van der Waals surface area contributed by atoms with Crippen LogP contribution in [0.2, 0.25) is 0 Å². The largest absolute Gasteiger partial charge is 0.463 e. The minimum atomic E-state index is -0.133. The van der Waals surface area contributed by atoms with Gasteiger partial charge in [0.25, 0.3) is 0 Å². The Balaban J connectivity index is 1.81. The molecule has 1 fully saturated rings. The number of hydrogen-bond donors (Lipinski definition) is 0. The van der Waals surface area contributed by atoms with Crippen LogP contribution in [-0.4, -0.2) is 12.6 Å². The number of halogens is 2. The average Bonchev–Trinajstić information content (AvgIpc) is 2.94. The Kier molecular flexibility index (Phi) is 3.57. The first kappa shape index (κ1) is 14.7. The van der Waals surface area contributed by atoms with E-state index in [2.05, 4.69) is 44.0 Å². The summed E-state index contributed by atoms with van der Waals surface area (Å²) in [7, 11) is 0. The van der Waals surface area contributed by atoms with Gasteiger partial charge < -0.3 is 4.74 Å². The van der Waals surface area contributed by atoms with Gasteiger partial charge in [-0.25, -0.2) is 4.79 Å². The zero-order chi connectivity index (χ0) is 15.4. The van der Waals surface area contributed by atoms with Crippen LogP contribution in [0.1, 0.15) is 18.9 Å². The Morgan fingerprint density at radius 1 is 1.14 bits per heavy atom. The molecule has 0 saturated heterocycles. The van der Waals surface area contributed by atoms with E-state index in [9.17, 15) is 4.79 Å². The number of benzene rings is 1. The first-order valence-electron chi connectivity index (χ1n) is 7.66. The average molecular weight is 424 g/mol. The molecule has 2 bridgehead atoms. The summed E-state index contributed by atoms with van der Waals surface area (Å²) in [6, 6.07) is 10.3. The minimum absolute atomic E-state index is 0.133. The van der Waals surface area contributed by atoms with Crippen LogP contribution >= 0.6 is 31.9 Å². The lowest BCUT2D eigenvalue weighted by molar-refractivity contribution is -0.139. The molecule has 3 aliphatic rings. The summed E-state index contributed by atoms with van der Waals surface area (Å²) in [6.07, 6.45) is 1.12. The highest BCUT2D eigenvalue weighted by Gasteiger charge is 2.61. The molecule has 0 amide bonds. The van der Waals surface area contributed by atoms with Crippen LogP contribution in [0.4, 0.5) is 0 Å². The van der Waals surface area contributed by atoms with Crippen LogP contribution in [0.15, 0.2) is 44.9 Å². The van der Waals surface area contributed by atoms with Gasteiger partial charge in [-0.15, -0.1) is 0 Å². The predicted molar refractivity (Wildman–Crippen MR) is 93.5 cm³/mol. The molecule has 0 spiro atoms. The lowest BCUT2D eigenvalue weighted by Crippen LogP contribution is -2.39. The van der Waals surface area contributed by atoms with E-state index in [-0.39, 0.29) is 5.97 Å². The van der Waals surface area contributed by atoms with E-state index in [1.54, 1.807) is 0 Å². The van der Waals surface area contributed by atoms with Gasteiger partial charge in [0.15, 0.2) is 0 Å². The summed E-state index contributed by atoms with van der Waals surface area (Å²) < 4.78 is 7.87. The van der Waals surface area contributed by atoms with Crippen molar-refractivity contribution in [1.29, 1.82) is 0 Å². The number of ether oxygens (including phenoxy) is 1. The van der Waals surface area contributed by atoms with E-state index in [1.165, 1.54) is 14.5 Å². The normalized spacial score (nSPS) is 32.1. The SMILES string of the molecule is CCOC(=O)C1=C(c2ccccc2)[C@@H]2[C@H]1[C@@H]1C[C@H]2C(Br)=C1Br. The third kappa shape index (κ3) is 1.86. The molecule has 4 atom stereocenters. The van der Waals surface area contributed by atoms with Crippen molar-refractivity contribution in [2.24, 2.45) is 23.7 Å². The first-order chi connectivity index (χ1) is 10.6. The number of carbonyl (C=O) groups excluding carboxylic acids is 1. The Bertz CT molecular complexity index is 705. The predicted octanol–water partition coefficient (Wildman–Crippen LogP) is 4.90. The third-order valence-electron chi connectivity index (χ3n) is 5.18. The molecular weight excluding hydrogens is 408 g/mol. The van der Waals surface area contributed by atoms with E-state index in [0.717, 1.165) is 17.6 Å². The van der Waals surface area contributed by atoms with E-state index >= 15 is 0 Å². The molecule has 3 aliphatic carbocycles. The fraction of sp³-hybridized carbons (Fsp3) is 0.389. The van der Waals surface area contributed by atoms with Crippen molar-refractivity contribution < 1.29 is 9.53 Å². The zero-order valence-electron chi connectivity index (χ0n) is 12.2. The molecule has 22 heavy (non-hydrogen) atoms. The second kappa shape index (κ2) is 5.34. The molecule has 0 unspecified atom stereocenters. The fourth-order valence-corrected chi connectivity index (χ4v) is 5.92. The lowest BCUT2D eigenvalue weighted by Gasteiger charge is -2.43. The Hall–Kier alpha value is -0.870. The van der Waals surface area contributed by atoms with Crippen molar-refractivity contribution in [3.05, 3.63) is 50.4 Å². The molecule has 0 aliphatic heterocycles. The Morgan fingerprint density at radius 2 is 1.77 bits per heavy atom. The summed E-state index contributed by atoms with van der Waals surface area (Å²) in [5.74, 6) is 1.55. The lowest BCUT2D eigenvalue weighted by atomic mass is 9.61. The van der Waals surface area contributed by atoms with Crippen LogP contribution in [0.3, 0.4) is 0 Å². The maximum Gasteiger partial charge on any atom is 0.334 e. The van der Waals surface area contributed by atoms with Gasteiger partial charge in [0.05, 0.1) is 6.61 Å². The van der Waals surface area contributed by atoms with Crippen molar-refractivity contribution >= 4 is 43.4 Å². The second-order valence-corrected chi connectivity index (χ2v) is 7.82. The summed E-state index contributed by atoms with van der Waals surface area (Å²) in [5.41, 5.74) is 3.27. The number of hydrogen-bond acceptors (Lipinski definition) is 2. The van der Waals surface area contributed by atoms with Gasteiger partial charge in [0.2, 0.25) is 0 Å². The topological polar surface area (TPSA) is 26.3 Å². The molecule has 0 radical (unpaired) electrons. The van der Waals surface area contributed by atoms with Crippen molar-refractivity contribution in [1.82, 2.24) is 0 Å². The summed E-state index contributed by atoms with van der Waals surface area (Å²) in [6.45, 7) is 2.29. The Morgan fingerprint density at radius 3 is 2.41 bits per heavy atom. The second-order valence-electron chi connectivity index (χ2n) is 6.11. The molecule has 2 nitrogen and oxygen atoms in total. The highest BCUT2D eigenvalue weighted by molar-refractivity contribution is 9.14. The smallest absolute Gasteiger partial charge is 0.334 e. The molecule has 0 N–H and O–H groups in total. The summed E-state index contributed by atoms with van der Waals surface area (Å²) in [4.78, 5) is 12.5. The first-order valence-corrected chi connectivity index (χ1v) is 9.25. The standard InChI is InChI=1S/C18H16Br2O2/c1-2-22-18(21)15-12(9-6-4-3-5-7-9)13-10-8-11(14(13)15)17(20)16(10)19/h3-7,10-11,13-14H,2,8H2,1H3/t10-,11+,13-,14-/m1/s1. The van der Waals surface area contributed by atoms with Crippen molar-refractivity contribution in [3.63, 3.8) is 0 Å². The van der Waals surface area contributed by atoms with E-state index < -0.39 is 0 Å². The molecule has 1 saturated carbocycles. The number of rotatable bonds is 3. The number of esters is 1. The van der Waals surface area contributed by atoms with Crippen LogP contribution in [0, 0.1) is 23.7 Å². The van der Waals surface area contributed by atoms with Gasteiger partial charge in [-0.1, -0.05) is 62.2 Å². The number of carbonyl (C=O) groups is 1. The van der Waals surface area contributed by atoms with E-state index in [4.69, 9.17) is 4.74 Å². The molecule has 0 aromatic heterocycles. The minimum Gasteiger partial charge on any atom is -0.463 e.